The first kappa shape index (κ1) is 11.9. The molecular weight excluding hydrogens is 262 g/mol. The zero-order valence-electron chi connectivity index (χ0n) is 9.98. The first-order valence-electron chi connectivity index (χ1n) is 5.77. The Morgan fingerprint density at radius 3 is 3.05 bits per heavy atom. The minimum atomic E-state index is -0.857. The molecular formula is C13H11N3O2S. The number of fused-ring (bicyclic) bond motifs is 1. The standard InChI is InChI=1S/C13H11N3O2S/c17-13(18)5-9-7-19-12(15-9)6-16-8-14-10-3-1-2-4-11(10)16/h1-4,7-8H,5-6H2,(H,17,18). The Bertz CT molecular complexity index is 732. The number of hydrogen-bond acceptors (Lipinski definition) is 4. The topological polar surface area (TPSA) is 68.0 Å². The van der Waals surface area contributed by atoms with Crippen LogP contribution in [0.2, 0.25) is 0 Å². The lowest BCUT2D eigenvalue weighted by Crippen LogP contribution is -2.01. The molecule has 96 valence electrons. The lowest BCUT2D eigenvalue weighted by molar-refractivity contribution is -0.136. The Balaban J connectivity index is 1.84. The second-order valence-electron chi connectivity index (χ2n) is 4.16. The second-order valence-corrected chi connectivity index (χ2v) is 5.11. The maximum Gasteiger partial charge on any atom is 0.309 e. The predicted molar refractivity (Wildman–Crippen MR) is 72.3 cm³/mol. The molecule has 3 aromatic rings. The van der Waals surface area contributed by atoms with E-state index in [4.69, 9.17) is 5.11 Å². The van der Waals surface area contributed by atoms with Gasteiger partial charge in [-0.25, -0.2) is 9.97 Å². The number of thiazole rings is 1. The van der Waals surface area contributed by atoms with E-state index in [9.17, 15) is 4.79 Å². The zero-order chi connectivity index (χ0) is 13.2. The van der Waals surface area contributed by atoms with Gasteiger partial charge in [0.2, 0.25) is 0 Å². The average Bonchev–Trinajstić information content (AvgIpc) is 2.97. The van der Waals surface area contributed by atoms with Gasteiger partial charge in [-0.05, 0) is 12.1 Å². The van der Waals surface area contributed by atoms with Crippen LogP contribution < -0.4 is 0 Å². The van der Waals surface area contributed by atoms with Crippen LogP contribution in [0.3, 0.4) is 0 Å². The van der Waals surface area contributed by atoms with Crippen LogP contribution in [0.15, 0.2) is 36.0 Å². The summed E-state index contributed by atoms with van der Waals surface area (Å²) in [5.74, 6) is -0.857. The van der Waals surface area contributed by atoms with E-state index in [2.05, 4.69) is 9.97 Å². The molecule has 0 aliphatic carbocycles. The summed E-state index contributed by atoms with van der Waals surface area (Å²) >= 11 is 1.48. The van der Waals surface area contributed by atoms with Gasteiger partial charge in [0.25, 0.3) is 0 Å². The third kappa shape index (κ3) is 2.48. The van der Waals surface area contributed by atoms with E-state index in [0.29, 0.717) is 12.2 Å². The van der Waals surface area contributed by atoms with Gasteiger partial charge < -0.3 is 9.67 Å². The van der Waals surface area contributed by atoms with Crippen LogP contribution in [0.25, 0.3) is 11.0 Å². The van der Waals surface area contributed by atoms with Gasteiger partial charge in [0.15, 0.2) is 0 Å². The molecule has 0 radical (unpaired) electrons. The lowest BCUT2D eigenvalue weighted by Gasteiger charge is -2.00. The normalized spacial score (nSPS) is 10.9. The highest BCUT2D eigenvalue weighted by Crippen LogP contribution is 2.16. The number of para-hydroxylation sites is 2. The number of carboxylic acid groups (broad SMARTS) is 1. The van der Waals surface area contributed by atoms with Crippen molar-refractivity contribution in [2.45, 2.75) is 13.0 Å². The van der Waals surface area contributed by atoms with Crippen LogP contribution in [0.1, 0.15) is 10.7 Å². The van der Waals surface area contributed by atoms with Crippen molar-refractivity contribution in [2.24, 2.45) is 0 Å². The molecule has 2 aromatic heterocycles. The molecule has 1 aromatic carbocycles. The van der Waals surface area contributed by atoms with Crippen molar-refractivity contribution in [2.75, 3.05) is 0 Å². The molecule has 0 saturated carbocycles. The molecule has 0 unspecified atom stereocenters. The highest BCUT2D eigenvalue weighted by Gasteiger charge is 2.08. The van der Waals surface area contributed by atoms with Gasteiger partial charge >= 0.3 is 5.97 Å². The van der Waals surface area contributed by atoms with Gasteiger partial charge in [0.05, 0.1) is 36.0 Å². The van der Waals surface area contributed by atoms with Crippen molar-refractivity contribution in [3.05, 3.63) is 46.7 Å². The van der Waals surface area contributed by atoms with Gasteiger partial charge in [0, 0.05) is 5.38 Å². The van der Waals surface area contributed by atoms with E-state index < -0.39 is 5.97 Å². The van der Waals surface area contributed by atoms with Gasteiger partial charge in [0.1, 0.15) is 5.01 Å². The van der Waals surface area contributed by atoms with E-state index in [1.165, 1.54) is 11.3 Å². The fourth-order valence-electron chi connectivity index (χ4n) is 1.94. The molecule has 0 atom stereocenters. The highest BCUT2D eigenvalue weighted by molar-refractivity contribution is 7.09. The fourth-order valence-corrected chi connectivity index (χ4v) is 2.73. The number of hydrogen-bond donors (Lipinski definition) is 1. The predicted octanol–water partition coefficient (Wildman–Crippen LogP) is 2.17. The molecule has 0 fully saturated rings. The van der Waals surface area contributed by atoms with Gasteiger partial charge in [-0.15, -0.1) is 11.3 Å². The summed E-state index contributed by atoms with van der Waals surface area (Å²) in [6, 6.07) is 7.89. The molecule has 0 aliphatic heterocycles. The van der Waals surface area contributed by atoms with Crippen molar-refractivity contribution in [3.8, 4) is 0 Å². The summed E-state index contributed by atoms with van der Waals surface area (Å²) in [6.45, 7) is 0.616. The quantitative estimate of drug-likeness (QED) is 0.791. The molecule has 6 heteroatoms. The van der Waals surface area contributed by atoms with E-state index >= 15 is 0 Å². The maximum atomic E-state index is 10.6. The van der Waals surface area contributed by atoms with Gasteiger partial charge in [-0.3, -0.25) is 4.79 Å². The van der Waals surface area contributed by atoms with Crippen LogP contribution in [0.4, 0.5) is 0 Å². The Kier molecular flexibility index (Phi) is 3.00. The molecule has 5 nitrogen and oxygen atoms in total. The highest BCUT2D eigenvalue weighted by atomic mass is 32.1. The Morgan fingerprint density at radius 1 is 1.37 bits per heavy atom. The SMILES string of the molecule is O=C(O)Cc1csc(Cn2cnc3ccccc32)n1. The third-order valence-corrected chi connectivity index (χ3v) is 3.65. The summed E-state index contributed by atoms with van der Waals surface area (Å²) in [5.41, 5.74) is 2.61. The number of aliphatic carboxylic acids is 1. The fraction of sp³-hybridized carbons (Fsp3) is 0.154. The lowest BCUT2D eigenvalue weighted by atomic mass is 10.3. The van der Waals surface area contributed by atoms with Crippen LogP contribution >= 0.6 is 11.3 Å². The van der Waals surface area contributed by atoms with E-state index in [1.54, 1.807) is 11.7 Å². The van der Waals surface area contributed by atoms with Crippen molar-refractivity contribution >= 4 is 28.3 Å². The van der Waals surface area contributed by atoms with Crippen molar-refractivity contribution in [1.82, 2.24) is 14.5 Å². The smallest absolute Gasteiger partial charge is 0.309 e. The number of benzene rings is 1. The van der Waals surface area contributed by atoms with Crippen LogP contribution in [-0.4, -0.2) is 25.6 Å². The minimum absolute atomic E-state index is 0.0266. The molecule has 19 heavy (non-hydrogen) atoms. The van der Waals surface area contributed by atoms with E-state index in [0.717, 1.165) is 16.0 Å². The average molecular weight is 273 g/mol. The summed E-state index contributed by atoms with van der Waals surface area (Å²) in [5, 5.41) is 11.4. The van der Waals surface area contributed by atoms with Gasteiger partial charge in [-0.1, -0.05) is 12.1 Å². The first-order chi connectivity index (χ1) is 9.22. The molecule has 0 aliphatic rings. The molecule has 0 saturated heterocycles. The number of rotatable bonds is 4. The number of aromatic nitrogens is 3. The second kappa shape index (κ2) is 4.81. The Hall–Kier alpha value is -2.21. The van der Waals surface area contributed by atoms with Crippen molar-refractivity contribution in [1.29, 1.82) is 0 Å². The molecule has 1 N–H and O–H groups in total. The molecule has 3 rings (SSSR count). The number of carbonyl (C=O) groups is 1. The monoisotopic (exact) mass is 273 g/mol. The number of carboxylic acids is 1. The van der Waals surface area contributed by atoms with Crippen molar-refractivity contribution in [3.63, 3.8) is 0 Å². The van der Waals surface area contributed by atoms with Gasteiger partial charge in [-0.2, -0.15) is 0 Å². The molecule has 0 bridgehead atoms. The molecule has 0 spiro atoms. The zero-order valence-corrected chi connectivity index (χ0v) is 10.8. The third-order valence-electron chi connectivity index (χ3n) is 2.76. The summed E-state index contributed by atoms with van der Waals surface area (Å²) in [7, 11) is 0. The molecule has 0 amide bonds. The summed E-state index contributed by atoms with van der Waals surface area (Å²) in [4.78, 5) is 19.3. The summed E-state index contributed by atoms with van der Waals surface area (Å²) < 4.78 is 2.01. The summed E-state index contributed by atoms with van der Waals surface area (Å²) in [6.07, 6.45) is 1.75. The van der Waals surface area contributed by atoms with Crippen LogP contribution in [0.5, 0.6) is 0 Å². The number of nitrogens with zero attached hydrogens (tertiary/aromatic N) is 3. The van der Waals surface area contributed by atoms with E-state index in [1.807, 2.05) is 28.8 Å². The van der Waals surface area contributed by atoms with E-state index in [-0.39, 0.29) is 6.42 Å². The van der Waals surface area contributed by atoms with Crippen LogP contribution in [-0.2, 0) is 17.8 Å². The first-order valence-corrected chi connectivity index (χ1v) is 6.65. The Labute approximate surface area is 113 Å². The minimum Gasteiger partial charge on any atom is -0.481 e. The number of imidazole rings is 1. The van der Waals surface area contributed by atoms with Crippen molar-refractivity contribution < 1.29 is 9.90 Å². The molecule has 2 heterocycles. The van der Waals surface area contributed by atoms with Crippen LogP contribution in [0, 0.1) is 0 Å². The largest absolute Gasteiger partial charge is 0.481 e. The Morgan fingerprint density at radius 2 is 2.21 bits per heavy atom. The maximum absolute atomic E-state index is 10.6.